The molecule has 1 atom stereocenters. The Balaban J connectivity index is 2.24. The first-order chi connectivity index (χ1) is 5.70. The fourth-order valence-electron chi connectivity index (χ4n) is 1.92. The highest BCUT2D eigenvalue weighted by Gasteiger charge is 2.17. The molecule has 0 bridgehead atoms. The van der Waals surface area contributed by atoms with Gasteiger partial charge >= 0.3 is 0 Å². The van der Waals surface area contributed by atoms with Crippen molar-refractivity contribution in [1.29, 1.82) is 0 Å². The molecule has 1 unspecified atom stereocenters. The summed E-state index contributed by atoms with van der Waals surface area (Å²) in [7, 11) is 0. The van der Waals surface area contributed by atoms with E-state index in [0.29, 0.717) is 0 Å². The van der Waals surface area contributed by atoms with Crippen LogP contribution < -0.4 is 5.73 Å². The molecule has 70 valence electrons. The Labute approximate surface area is 74.5 Å². The normalized spacial score (nSPS) is 22.1. The molecule has 1 aliphatic carbocycles. The summed E-state index contributed by atoms with van der Waals surface area (Å²) in [4.78, 5) is 0. The molecular formula is C10H19NO. The molecule has 0 aromatic heterocycles. The predicted molar refractivity (Wildman–Crippen MR) is 50.9 cm³/mol. The van der Waals surface area contributed by atoms with Crippen molar-refractivity contribution in [2.45, 2.75) is 44.6 Å². The van der Waals surface area contributed by atoms with Gasteiger partial charge in [0, 0.05) is 0 Å². The van der Waals surface area contributed by atoms with E-state index >= 15 is 0 Å². The Morgan fingerprint density at radius 2 is 2.00 bits per heavy atom. The summed E-state index contributed by atoms with van der Waals surface area (Å²) in [6, 6.07) is -0.201. The highest BCUT2D eigenvalue weighted by atomic mass is 16.3. The second-order valence-electron chi connectivity index (χ2n) is 3.84. The number of hydrogen-bond acceptors (Lipinski definition) is 2. The summed E-state index contributed by atoms with van der Waals surface area (Å²) in [5.41, 5.74) is 5.70. The summed E-state index contributed by atoms with van der Waals surface area (Å²) in [6.07, 6.45) is 7.49. The zero-order chi connectivity index (χ0) is 8.97. The van der Waals surface area contributed by atoms with E-state index in [1.807, 2.05) is 0 Å². The number of rotatable bonds is 3. The summed E-state index contributed by atoms with van der Waals surface area (Å²) >= 11 is 0. The van der Waals surface area contributed by atoms with Crippen LogP contribution in [0.5, 0.6) is 0 Å². The average molecular weight is 169 g/mol. The fraction of sp³-hybridized carbons (Fsp3) is 0.800. The molecule has 0 aliphatic heterocycles. The van der Waals surface area contributed by atoms with Crippen LogP contribution in [-0.2, 0) is 0 Å². The third-order valence-corrected chi connectivity index (χ3v) is 2.74. The van der Waals surface area contributed by atoms with Gasteiger partial charge in [0.25, 0.3) is 0 Å². The molecule has 2 nitrogen and oxygen atoms in total. The largest absolute Gasteiger partial charge is 0.511 e. The van der Waals surface area contributed by atoms with Crippen molar-refractivity contribution < 1.29 is 5.11 Å². The van der Waals surface area contributed by atoms with Crippen molar-refractivity contribution >= 4 is 0 Å². The van der Waals surface area contributed by atoms with Crippen LogP contribution in [0, 0.1) is 5.92 Å². The first-order valence-corrected chi connectivity index (χ1v) is 4.83. The van der Waals surface area contributed by atoms with Crippen LogP contribution in [0.25, 0.3) is 0 Å². The molecule has 0 saturated heterocycles. The Bertz CT molecular complexity index is 150. The van der Waals surface area contributed by atoms with Crippen LogP contribution in [-0.4, -0.2) is 11.1 Å². The van der Waals surface area contributed by atoms with E-state index in [1.54, 1.807) is 0 Å². The molecule has 2 heteroatoms. The number of aliphatic hydroxyl groups is 1. The van der Waals surface area contributed by atoms with E-state index in [-0.39, 0.29) is 11.8 Å². The van der Waals surface area contributed by atoms with Gasteiger partial charge in [0.15, 0.2) is 0 Å². The summed E-state index contributed by atoms with van der Waals surface area (Å²) in [5.74, 6) is 0.859. The standard InChI is InChI=1S/C10H19NO/c1-8(12)10(11)7-9-5-3-2-4-6-9/h9-10,12H,1-7,11H2. The maximum Gasteiger partial charge on any atom is 0.102 e. The van der Waals surface area contributed by atoms with Crippen molar-refractivity contribution in [3.63, 3.8) is 0 Å². The Kier molecular flexibility index (Phi) is 3.60. The minimum absolute atomic E-state index is 0.139. The molecule has 0 amide bonds. The minimum Gasteiger partial charge on any atom is -0.511 e. The Morgan fingerprint density at radius 1 is 1.42 bits per heavy atom. The van der Waals surface area contributed by atoms with E-state index in [1.165, 1.54) is 32.1 Å². The Morgan fingerprint density at radius 3 is 2.50 bits per heavy atom. The molecule has 0 aromatic carbocycles. The van der Waals surface area contributed by atoms with Crippen LogP contribution in [0.3, 0.4) is 0 Å². The first-order valence-electron chi connectivity index (χ1n) is 4.83. The van der Waals surface area contributed by atoms with Gasteiger partial charge in [-0.1, -0.05) is 38.7 Å². The summed E-state index contributed by atoms with van der Waals surface area (Å²) in [6.45, 7) is 3.45. The van der Waals surface area contributed by atoms with Crippen molar-refractivity contribution in [1.82, 2.24) is 0 Å². The third kappa shape index (κ3) is 2.86. The van der Waals surface area contributed by atoms with Gasteiger partial charge in [-0.15, -0.1) is 0 Å². The molecule has 0 heterocycles. The number of hydrogen-bond donors (Lipinski definition) is 2. The lowest BCUT2D eigenvalue weighted by molar-refractivity contribution is 0.290. The van der Waals surface area contributed by atoms with Crippen molar-refractivity contribution in [3.05, 3.63) is 12.3 Å². The highest BCUT2D eigenvalue weighted by molar-refractivity contribution is 4.93. The molecule has 3 N–H and O–H groups in total. The van der Waals surface area contributed by atoms with Crippen LogP contribution in [0.15, 0.2) is 12.3 Å². The van der Waals surface area contributed by atoms with E-state index < -0.39 is 0 Å². The second kappa shape index (κ2) is 4.51. The van der Waals surface area contributed by atoms with E-state index in [2.05, 4.69) is 6.58 Å². The van der Waals surface area contributed by atoms with Crippen LogP contribution in [0.2, 0.25) is 0 Å². The lowest BCUT2D eigenvalue weighted by Gasteiger charge is -2.23. The first kappa shape index (κ1) is 9.59. The van der Waals surface area contributed by atoms with Gasteiger partial charge in [-0.25, -0.2) is 0 Å². The summed E-state index contributed by atoms with van der Waals surface area (Å²) in [5, 5.41) is 9.03. The maximum atomic E-state index is 9.03. The molecular weight excluding hydrogens is 150 g/mol. The van der Waals surface area contributed by atoms with E-state index in [9.17, 15) is 0 Å². The SMILES string of the molecule is C=C(O)C(N)CC1CCCCC1. The van der Waals surface area contributed by atoms with E-state index in [0.717, 1.165) is 12.3 Å². The van der Waals surface area contributed by atoms with Crippen molar-refractivity contribution in [3.8, 4) is 0 Å². The molecule has 12 heavy (non-hydrogen) atoms. The quantitative estimate of drug-likeness (QED) is 0.637. The zero-order valence-corrected chi connectivity index (χ0v) is 7.63. The van der Waals surface area contributed by atoms with Gasteiger partial charge in [-0.3, -0.25) is 0 Å². The molecule has 0 aromatic rings. The Hall–Kier alpha value is -0.500. The van der Waals surface area contributed by atoms with Crippen LogP contribution in [0.1, 0.15) is 38.5 Å². The smallest absolute Gasteiger partial charge is 0.102 e. The maximum absolute atomic E-state index is 9.03. The van der Waals surface area contributed by atoms with Crippen molar-refractivity contribution in [2.75, 3.05) is 0 Å². The topological polar surface area (TPSA) is 46.2 Å². The molecule has 0 radical (unpaired) electrons. The van der Waals surface area contributed by atoms with Gasteiger partial charge in [0.1, 0.15) is 5.76 Å². The molecule has 1 aliphatic rings. The zero-order valence-electron chi connectivity index (χ0n) is 7.63. The van der Waals surface area contributed by atoms with Gasteiger partial charge in [0.05, 0.1) is 6.04 Å². The number of aliphatic hydroxyl groups excluding tert-OH is 1. The van der Waals surface area contributed by atoms with Crippen LogP contribution >= 0.6 is 0 Å². The van der Waals surface area contributed by atoms with Gasteiger partial charge in [0.2, 0.25) is 0 Å². The van der Waals surface area contributed by atoms with Crippen LogP contribution in [0.4, 0.5) is 0 Å². The average Bonchev–Trinajstić information content (AvgIpc) is 2.06. The number of nitrogens with two attached hydrogens (primary N) is 1. The second-order valence-corrected chi connectivity index (χ2v) is 3.84. The summed E-state index contributed by atoms with van der Waals surface area (Å²) < 4.78 is 0. The molecule has 1 saturated carbocycles. The fourth-order valence-corrected chi connectivity index (χ4v) is 1.92. The lowest BCUT2D eigenvalue weighted by atomic mass is 9.85. The van der Waals surface area contributed by atoms with Gasteiger partial charge in [-0.2, -0.15) is 0 Å². The van der Waals surface area contributed by atoms with Crippen molar-refractivity contribution in [2.24, 2.45) is 11.7 Å². The lowest BCUT2D eigenvalue weighted by Crippen LogP contribution is -2.26. The third-order valence-electron chi connectivity index (χ3n) is 2.74. The predicted octanol–water partition coefficient (Wildman–Crippen LogP) is 2.36. The molecule has 0 spiro atoms. The highest BCUT2D eigenvalue weighted by Crippen LogP contribution is 2.27. The van der Waals surface area contributed by atoms with Gasteiger partial charge in [-0.05, 0) is 12.3 Å². The monoisotopic (exact) mass is 169 g/mol. The van der Waals surface area contributed by atoms with Gasteiger partial charge < -0.3 is 10.8 Å². The van der Waals surface area contributed by atoms with E-state index in [4.69, 9.17) is 10.8 Å². The minimum atomic E-state index is -0.201. The molecule has 1 rings (SSSR count). The molecule has 1 fully saturated rings.